The smallest absolute Gasteiger partial charge is 0.331 e. The molecule has 0 aromatic heterocycles. The minimum atomic E-state index is -0.895. The summed E-state index contributed by atoms with van der Waals surface area (Å²) in [6, 6.07) is 0. The van der Waals surface area contributed by atoms with Gasteiger partial charge < -0.3 is 15.8 Å². The molecule has 1 rings (SSSR count). The average molecular weight is 307 g/mol. The number of nitrogens with one attached hydrogen (secondary N) is 1. The second kappa shape index (κ2) is 8.47. The molecule has 1 saturated carbocycles. The molecule has 0 bridgehead atoms. The van der Waals surface area contributed by atoms with Gasteiger partial charge >= 0.3 is 5.97 Å². The molecule has 118 valence electrons. The zero-order valence-corrected chi connectivity index (χ0v) is 13.4. The van der Waals surface area contributed by atoms with E-state index in [1.165, 1.54) is 7.11 Å². The van der Waals surface area contributed by atoms with Crippen LogP contribution in [0.3, 0.4) is 0 Å². The molecule has 0 radical (unpaired) electrons. The van der Waals surface area contributed by atoms with Crippen molar-refractivity contribution in [3.05, 3.63) is 0 Å². The molecule has 1 aliphatic carbocycles. The molecular weight excluding hydrogens is 280 g/mol. The standard InChI is InChI=1S/C14H26N2O3.ClH/c1-4-14(5-2,13(18)19-3)16-12(17)11-8-6-7-10(11)9-15;/h10-11H,4-9,15H2,1-3H3,(H,16,17);1H/t10-,11-;/m1./s1. The number of nitrogens with two attached hydrogens (primary N) is 1. The van der Waals surface area contributed by atoms with Crippen molar-refractivity contribution >= 4 is 24.3 Å². The molecule has 2 atom stereocenters. The van der Waals surface area contributed by atoms with Gasteiger partial charge in [-0.15, -0.1) is 12.4 Å². The van der Waals surface area contributed by atoms with E-state index in [4.69, 9.17) is 10.5 Å². The average Bonchev–Trinajstić information content (AvgIpc) is 2.92. The second-order valence-electron chi connectivity index (χ2n) is 5.30. The van der Waals surface area contributed by atoms with Crippen molar-refractivity contribution in [2.24, 2.45) is 17.6 Å². The second-order valence-corrected chi connectivity index (χ2v) is 5.30. The third-order valence-corrected chi connectivity index (χ3v) is 4.44. The minimum Gasteiger partial charge on any atom is -0.467 e. The summed E-state index contributed by atoms with van der Waals surface area (Å²) < 4.78 is 4.84. The first-order valence-electron chi connectivity index (χ1n) is 7.15. The third-order valence-electron chi connectivity index (χ3n) is 4.44. The van der Waals surface area contributed by atoms with Gasteiger partial charge in [0.15, 0.2) is 0 Å². The highest BCUT2D eigenvalue weighted by atomic mass is 35.5. The number of hydrogen-bond donors (Lipinski definition) is 2. The molecule has 0 aromatic rings. The van der Waals surface area contributed by atoms with Gasteiger partial charge in [0.25, 0.3) is 0 Å². The van der Waals surface area contributed by atoms with Gasteiger partial charge in [-0.1, -0.05) is 20.3 Å². The van der Waals surface area contributed by atoms with Crippen LogP contribution in [0.4, 0.5) is 0 Å². The molecule has 0 spiro atoms. The molecule has 1 fully saturated rings. The van der Waals surface area contributed by atoms with Gasteiger partial charge in [0.2, 0.25) is 5.91 Å². The fourth-order valence-electron chi connectivity index (χ4n) is 2.95. The maximum absolute atomic E-state index is 12.4. The minimum absolute atomic E-state index is 0. The fraction of sp³-hybridized carbons (Fsp3) is 0.857. The van der Waals surface area contributed by atoms with Crippen molar-refractivity contribution in [2.45, 2.75) is 51.5 Å². The number of ether oxygens (including phenoxy) is 1. The number of carbonyl (C=O) groups is 2. The lowest BCUT2D eigenvalue weighted by Crippen LogP contribution is -2.56. The lowest BCUT2D eigenvalue weighted by molar-refractivity contribution is -0.152. The van der Waals surface area contributed by atoms with E-state index in [2.05, 4.69) is 5.32 Å². The lowest BCUT2D eigenvalue weighted by Gasteiger charge is -2.31. The van der Waals surface area contributed by atoms with Gasteiger partial charge in [-0.25, -0.2) is 4.79 Å². The van der Waals surface area contributed by atoms with Gasteiger partial charge in [0, 0.05) is 5.92 Å². The van der Waals surface area contributed by atoms with E-state index in [1.807, 2.05) is 13.8 Å². The van der Waals surface area contributed by atoms with Crippen LogP contribution in [0.15, 0.2) is 0 Å². The van der Waals surface area contributed by atoms with Gasteiger partial charge in [0.1, 0.15) is 5.54 Å². The van der Waals surface area contributed by atoms with Gasteiger partial charge in [0.05, 0.1) is 7.11 Å². The van der Waals surface area contributed by atoms with Gasteiger partial charge in [-0.2, -0.15) is 0 Å². The Balaban J connectivity index is 0.00000361. The van der Waals surface area contributed by atoms with E-state index in [1.54, 1.807) is 0 Å². The normalized spacial score (nSPS) is 22.0. The van der Waals surface area contributed by atoms with Gasteiger partial charge in [-0.3, -0.25) is 4.79 Å². The Morgan fingerprint density at radius 3 is 2.35 bits per heavy atom. The summed E-state index contributed by atoms with van der Waals surface area (Å²) in [5.41, 5.74) is 4.81. The first-order valence-corrected chi connectivity index (χ1v) is 7.15. The van der Waals surface area contributed by atoms with Crippen molar-refractivity contribution < 1.29 is 14.3 Å². The summed E-state index contributed by atoms with van der Waals surface area (Å²) >= 11 is 0. The van der Waals surface area contributed by atoms with Gasteiger partial charge in [-0.05, 0) is 38.1 Å². The van der Waals surface area contributed by atoms with Crippen molar-refractivity contribution in [2.75, 3.05) is 13.7 Å². The summed E-state index contributed by atoms with van der Waals surface area (Å²) in [4.78, 5) is 24.3. The van der Waals surface area contributed by atoms with E-state index in [0.717, 1.165) is 19.3 Å². The van der Waals surface area contributed by atoms with Crippen LogP contribution in [0, 0.1) is 11.8 Å². The van der Waals surface area contributed by atoms with E-state index in [0.29, 0.717) is 19.4 Å². The maximum atomic E-state index is 12.4. The quantitative estimate of drug-likeness (QED) is 0.731. The van der Waals surface area contributed by atoms with Crippen LogP contribution in [0.25, 0.3) is 0 Å². The molecule has 6 heteroatoms. The summed E-state index contributed by atoms with van der Waals surface area (Å²) in [6.45, 7) is 4.30. The zero-order valence-electron chi connectivity index (χ0n) is 12.6. The molecule has 1 amide bonds. The SMILES string of the molecule is CCC(CC)(NC(=O)[C@@H]1CCC[C@@H]1CN)C(=O)OC.Cl. The third kappa shape index (κ3) is 3.85. The molecule has 20 heavy (non-hydrogen) atoms. The van der Waals surface area contributed by atoms with Crippen molar-refractivity contribution in [3.8, 4) is 0 Å². The Labute approximate surface area is 127 Å². The molecule has 0 aliphatic heterocycles. The fourth-order valence-corrected chi connectivity index (χ4v) is 2.95. The van der Waals surface area contributed by atoms with Crippen molar-refractivity contribution in [3.63, 3.8) is 0 Å². The maximum Gasteiger partial charge on any atom is 0.331 e. The number of amides is 1. The summed E-state index contributed by atoms with van der Waals surface area (Å²) in [5, 5.41) is 2.92. The first-order chi connectivity index (χ1) is 9.04. The molecule has 3 N–H and O–H groups in total. The topological polar surface area (TPSA) is 81.4 Å². The van der Waals surface area contributed by atoms with Crippen molar-refractivity contribution in [1.29, 1.82) is 0 Å². The van der Waals surface area contributed by atoms with E-state index >= 15 is 0 Å². The predicted molar refractivity (Wildman–Crippen MR) is 80.6 cm³/mol. The summed E-state index contributed by atoms with van der Waals surface area (Å²) in [6.07, 6.45) is 3.95. The highest BCUT2D eigenvalue weighted by Crippen LogP contribution is 2.32. The molecule has 0 unspecified atom stereocenters. The van der Waals surface area contributed by atoms with Crippen molar-refractivity contribution in [1.82, 2.24) is 5.32 Å². The molecule has 0 heterocycles. The van der Waals surface area contributed by atoms with Crippen LogP contribution >= 0.6 is 12.4 Å². The number of methoxy groups -OCH3 is 1. The Morgan fingerprint density at radius 2 is 1.90 bits per heavy atom. The number of carbonyl (C=O) groups excluding carboxylic acids is 2. The Morgan fingerprint density at radius 1 is 1.30 bits per heavy atom. The molecule has 5 nitrogen and oxygen atoms in total. The highest BCUT2D eigenvalue weighted by Gasteiger charge is 2.41. The first kappa shape index (κ1) is 19.2. The summed E-state index contributed by atoms with van der Waals surface area (Å²) in [7, 11) is 1.35. The van der Waals surface area contributed by atoms with Crippen LogP contribution in [0.5, 0.6) is 0 Å². The Bertz CT molecular complexity index is 332. The number of halogens is 1. The van der Waals surface area contributed by atoms with E-state index in [9.17, 15) is 9.59 Å². The molecule has 1 aliphatic rings. The zero-order chi connectivity index (χ0) is 14.5. The predicted octanol–water partition coefficient (Wildman–Crippen LogP) is 1.63. The van der Waals surface area contributed by atoms with Crippen LogP contribution in [-0.4, -0.2) is 31.1 Å². The summed E-state index contributed by atoms with van der Waals surface area (Å²) in [5.74, 6) is -0.244. The number of hydrogen-bond acceptors (Lipinski definition) is 4. The van der Waals surface area contributed by atoms with E-state index < -0.39 is 5.54 Å². The molecular formula is C14H27ClN2O3. The van der Waals surface area contributed by atoms with Crippen LogP contribution in [0.2, 0.25) is 0 Å². The van der Waals surface area contributed by atoms with E-state index in [-0.39, 0.29) is 36.1 Å². The largest absolute Gasteiger partial charge is 0.467 e. The van der Waals surface area contributed by atoms with Crippen LogP contribution < -0.4 is 11.1 Å². The Hall–Kier alpha value is -0.810. The Kier molecular flexibility index (Phi) is 8.13. The highest BCUT2D eigenvalue weighted by molar-refractivity contribution is 5.89. The lowest BCUT2D eigenvalue weighted by atomic mass is 9.89. The number of rotatable bonds is 6. The monoisotopic (exact) mass is 306 g/mol. The number of esters is 1. The molecule has 0 aromatic carbocycles. The molecule has 0 saturated heterocycles. The van der Waals surface area contributed by atoms with Crippen LogP contribution in [0.1, 0.15) is 46.0 Å². The van der Waals surface area contributed by atoms with Crippen LogP contribution in [-0.2, 0) is 14.3 Å².